The molecule has 1 N–H and O–H groups in total. The summed E-state index contributed by atoms with van der Waals surface area (Å²) < 4.78 is 46.8. The van der Waals surface area contributed by atoms with Crippen molar-refractivity contribution >= 4 is 56.9 Å². The molecule has 780 valence electrons. The molecular weight excluding hydrogens is 1710 g/mol. The van der Waals surface area contributed by atoms with Crippen molar-refractivity contribution < 1.29 is 41.4 Å². The predicted octanol–water partition coefficient (Wildman–Crippen LogP) is 32.3. The molecule has 0 saturated carbocycles. The minimum absolute atomic E-state index is 0.0156. The van der Waals surface area contributed by atoms with Gasteiger partial charge in [-0.15, -0.1) is 6.42 Å². The number of carbonyl (C=O) groups is 2. The van der Waals surface area contributed by atoms with E-state index in [-0.39, 0.29) is 77.4 Å². The van der Waals surface area contributed by atoms with Gasteiger partial charge < -0.3 is 24.3 Å². The number of terminal acetylenes is 1. The molecule has 2 amide bonds. The lowest BCUT2D eigenvalue weighted by molar-refractivity contribution is -0.782. The van der Waals surface area contributed by atoms with Gasteiger partial charge in [-0.3, -0.25) is 4.79 Å². The number of amides is 2. The molecular formula is C119H223N2O8S4+. The molecule has 14 heteroatoms. The fourth-order valence-electron chi connectivity index (χ4n) is 28.7. The first kappa shape index (κ1) is 128. The molecule has 0 aromatic rings. The van der Waals surface area contributed by atoms with Crippen LogP contribution in [0.15, 0.2) is 0 Å². The van der Waals surface area contributed by atoms with Crippen LogP contribution in [0.4, 0.5) is 0 Å². The van der Waals surface area contributed by atoms with Crippen LogP contribution in [0.5, 0.6) is 0 Å². The lowest BCUT2D eigenvalue weighted by Crippen LogP contribution is -2.55. The van der Waals surface area contributed by atoms with Crippen molar-refractivity contribution in [2.75, 3.05) is 105 Å². The maximum atomic E-state index is 12.4. The van der Waals surface area contributed by atoms with E-state index >= 15 is 0 Å². The second-order valence-corrected chi connectivity index (χ2v) is 66.8. The Morgan fingerprint density at radius 2 is 0.639 bits per heavy atom. The van der Waals surface area contributed by atoms with E-state index < -0.39 is 15.6 Å². The van der Waals surface area contributed by atoms with Gasteiger partial charge in [-0.1, -0.05) is 374 Å². The standard InChI is InChI=1S/C21H28NO.C13H26O.2C13H26S.C12H23NO.C12H24O2S.C12H24O.C12H24S.C11H22O2/c1-8-9-10-11-12-17-18(23)22(17)15-13-21(14-16-22,19(2,3)4)20(5,6)7;2*1-11(2,3)13(12(4,5)6)7-9-14-10-8-13;1-11(2,3)13(12(4,5)6)8-7-9-14-10-13;1-10(2,3)12(11(4,5)6)7-9(14)13-8-12;1-10(2,3)12(11(4,5)6)7-8-15(13,14)9-12;2*1-10(2,3)12(11(4,5)6)7-8-13-9-12;1-9(2,3)11(10(4,5)6)12-7-8-13-11/h1,17H,13-16H2,2-7H3;3*7-10H2,1-6H3;7-8H2,1-6H3,(H,13,14);7-9H2,1-6H3;2*7-9H2,1-6H3;7-8H2,1-6H3/q+1;;;;;;;;. The van der Waals surface area contributed by atoms with E-state index in [4.69, 9.17) is 25.4 Å². The summed E-state index contributed by atoms with van der Waals surface area (Å²) in [6, 6.07) is -0.181. The number of hydrogen-bond donors (Lipinski definition) is 1. The zero-order valence-corrected chi connectivity index (χ0v) is 102. The Balaban J connectivity index is 0.000000510. The number of nitrogens with zero attached hydrogens (tertiary/aromatic N) is 1. The number of piperidine rings is 1. The Hall–Kier alpha value is -1.38. The number of hydrogen-bond acceptors (Lipinski definition) is 11. The smallest absolute Gasteiger partial charge is 0.381 e. The number of quaternary nitrogens is 1. The van der Waals surface area contributed by atoms with Gasteiger partial charge in [0.1, 0.15) is 0 Å². The quantitative estimate of drug-likeness (QED) is 0.142. The summed E-state index contributed by atoms with van der Waals surface area (Å²) in [6.45, 7) is 133. The van der Waals surface area contributed by atoms with E-state index in [9.17, 15) is 18.0 Å². The number of sulfone groups is 1. The summed E-state index contributed by atoms with van der Waals surface area (Å²) in [7, 11) is -2.82. The van der Waals surface area contributed by atoms with Gasteiger partial charge in [0.15, 0.2) is 15.6 Å². The predicted molar refractivity (Wildman–Crippen MR) is 588 cm³/mol. The summed E-state index contributed by atoms with van der Waals surface area (Å²) in [5.41, 5.74) is 7.47. The third kappa shape index (κ3) is 28.4. The summed E-state index contributed by atoms with van der Waals surface area (Å²) in [5.74, 6) is 21.9. The Kier molecular flexibility index (Phi) is 42.1. The van der Waals surface area contributed by atoms with Crippen LogP contribution in [0.1, 0.15) is 451 Å². The van der Waals surface area contributed by atoms with Crippen molar-refractivity contribution in [1.29, 1.82) is 0 Å². The second-order valence-electron chi connectivity index (χ2n) is 61.1. The van der Waals surface area contributed by atoms with Crippen molar-refractivity contribution in [3.8, 4) is 36.0 Å². The topological polar surface area (TPSA) is 117 Å². The molecule has 1 atom stereocenters. The van der Waals surface area contributed by atoms with E-state index in [2.05, 4.69) is 444 Å². The molecule has 0 aromatic carbocycles. The van der Waals surface area contributed by atoms with Crippen molar-refractivity contribution in [3.05, 3.63) is 0 Å². The van der Waals surface area contributed by atoms with Crippen LogP contribution in [-0.2, 0) is 38.4 Å². The van der Waals surface area contributed by atoms with Crippen LogP contribution < -0.4 is 5.32 Å². The number of thioether (sulfide) groups is 3. The molecule has 10 saturated heterocycles. The highest BCUT2D eigenvalue weighted by molar-refractivity contribution is 7.99. The van der Waals surface area contributed by atoms with E-state index in [1.807, 2.05) is 0 Å². The van der Waals surface area contributed by atoms with Gasteiger partial charge in [0.25, 0.3) is 6.04 Å². The van der Waals surface area contributed by atoms with Crippen LogP contribution in [-0.4, -0.2) is 142 Å². The largest absolute Gasteiger partial charge is 0.386 e. The molecule has 133 heavy (non-hydrogen) atoms. The number of carbonyl (C=O) groups excluding carboxylic acids is 2. The monoisotopic (exact) mass is 1940 g/mol. The van der Waals surface area contributed by atoms with Crippen molar-refractivity contribution in [2.45, 2.75) is 463 Å². The van der Waals surface area contributed by atoms with Crippen molar-refractivity contribution in [1.82, 2.24) is 5.32 Å². The van der Waals surface area contributed by atoms with E-state index in [1.54, 1.807) is 0 Å². The van der Waals surface area contributed by atoms with Crippen LogP contribution in [0, 0.1) is 177 Å². The van der Waals surface area contributed by atoms with Crippen LogP contribution in [0.2, 0.25) is 0 Å². The van der Waals surface area contributed by atoms with Gasteiger partial charge in [-0.2, -0.15) is 35.3 Å². The van der Waals surface area contributed by atoms with Crippen molar-refractivity contribution in [3.63, 3.8) is 0 Å². The fourth-order valence-corrected chi connectivity index (χ4v) is 36.4. The van der Waals surface area contributed by atoms with E-state index in [0.29, 0.717) is 117 Å². The minimum Gasteiger partial charge on any atom is -0.381 e. The fraction of sp³-hybridized carbons (Fsp3) is 0.933. The van der Waals surface area contributed by atoms with Gasteiger partial charge in [0.05, 0.1) is 44.4 Å². The highest BCUT2D eigenvalue weighted by Gasteiger charge is 2.71. The molecule has 1 unspecified atom stereocenters. The summed E-state index contributed by atoms with van der Waals surface area (Å²) in [4.78, 5) is 23.8. The van der Waals surface area contributed by atoms with Gasteiger partial charge in [-0.25, -0.2) is 17.7 Å². The maximum Gasteiger partial charge on any atom is 0.386 e. The molecule has 0 bridgehead atoms. The molecule has 1 spiro atoms. The second kappa shape index (κ2) is 43.9. The normalized spacial score (nSPS) is 23.8. The average molecular weight is 1940 g/mol. The lowest BCUT2D eigenvalue weighted by atomic mass is 9.50. The molecule has 10 nitrogen and oxygen atoms in total. The van der Waals surface area contributed by atoms with Crippen LogP contribution in [0.25, 0.3) is 0 Å². The zero-order valence-electron chi connectivity index (χ0n) is 98.5. The number of nitrogens with one attached hydrogen (secondary N) is 1. The molecule has 10 aliphatic heterocycles. The Morgan fingerprint density at radius 3 is 0.857 bits per heavy atom. The van der Waals surface area contributed by atoms with Crippen molar-refractivity contribution in [2.24, 2.45) is 141 Å². The summed E-state index contributed by atoms with van der Waals surface area (Å²) >= 11 is 6.42. The third-order valence-electron chi connectivity index (χ3n) is 37.4. The van der Waals surface area contributed by atoms with Gasteiger partial charge in [0, 0.05) is 67.3 Å². The summed E-state index contributed by atoms with van der Waals surface area (Å²) in [6.07, 6.45) is 19.3. The van der Waals surface area contributed by atoms with E-state index in [1.165, 1.54) is 85.9 Å². The number of rotatable bonds is 0. The highest BCUT2D eigenvalue weighted by Crippen LogP contribution is 2.66. The first-order chi connectivity index (χ1) is 58.8. The lowest BCUT2D eigenvalue weighted by Gasteiger charge is -2.56. The Bertz CT molecular complexity index is 3580. The van der Waals surface area contributed by atoms with Crippen LogP contribution in [0.3, 0.4) is 0 Å². The molecule has 10 rings (SSSR count). The molecule has 0 aliphatic carbocycles. The molecule has 10 heterocycles. The number of ether oxygens (including phenoxy) is 4. The third-order valence-corrected chi connectivity index (χ3v) is 42.6. The molecule has 0 radical (unpaired) electrons. The van der Waals surface area contributed by atoms with Gasteiger partial charge in [-0.05, 0) is 241 Å². The molecule has 0 aromatic heterocycles. The average Bonchev–Trinajstić information content (AvgIpc) is 1.53. The SMILES string of the molecule is C#CC#CC#CC1C(=O)[N+]12CCC(C(C)(C)C)(C(C)(C)C)CC2.CC(C)(C)C1(C(C)(C)C)CCCSC1.CC(C)(C)C1(C(C)(C)C)CCOC1.CC(C)(C)C1(C(C)(C)C)CCOCC1.CC(C)(C)C1(C(C)(C)C)CCS(=O)(=O)C1.CC(C)(C)C1(C(C)(C)C)CCSC1.CC(C)(C)C1(C(C)(C)C)CCSCC1.CC(C)(C)C1(C(C)(C)C)CNC(=O)C1.CC(C)(C)C1(C(C)(C)C)OCCO1. The van der Waals surface area contributed by atoms with Gasteiger partial charge >= 0.3 is 5.91 Å². The maximum absolute atomic E-state index is 12.4. The summed E-state index contributed by atoms with van der Waals surface area (Å²) in [5, 5.41) is 2.98. The highest BCUT2D eigenvalue weighted by atomic mass is 32.2. The first-order valence-electron chi connectivity index (χ1n) is 52.3. The minimum atomic E-state index is -2.82. The molecule has 10 fully saturated rings. The van der Waals surface area contributed by atoms with Crippen LogP contribution >= 0.6 is 35.3 Å². The van der Waals surface area contributed by atoms with Gasteiger partial charge in [0.2, 0.25) is 5.91 Å². The zero-order chi connectivity index (χ0) is 105. The first-order valence-corrected chi connectivity index (χ1v) is 57.6. The van der Waals surface area contributed by atoms with E-state index in [0.717, 1.165) is 65.3 Å². The molecule has 10 aliphatic rings. The Labute approximate surface area is 842 Å². The Morgan fingerprint density at radius 1 is 0.331 bits per heavy atom.